The Morgan fingerprint density at radius 1 is 1.30 bits per heavy atom. The highest BCUT2D eigenvalue weighted by molar-refractivity contribution is 6.32. The van der Waals surface area contributed by atoms with Gasteiger partial charge < -0.3 is 10.1 Å². The Kier molecular flexibility index (Phi) is 5.46. The van der Waals surface area contributed by atoms with Gasteiger partial charge in [0.05, 0.1) is 5.02 Å². The number of alkyl halides is 2. The minimum absolute atomic E-state index is 0.0127. The second-order valence-corrected chi connectivity index (χ2v) is 5.94. The van der Waals surface area contributed by atoms with E-state index in [2.05, 4.69) is 17.0 Å². The van der Waals surface area contributed by atoms with Crippen molar-refractivity contribution in [2.24, 2.45) is 11.8 Å². The van der Waals surface area contributed by atoms with Gasteiger partial charge in [0, 0.05) is 12.2 Å². The van der Waals surface area contributed by atoms with Crippen molar-refractivity contribution in [3.8, 4) is 5.75 Å². The molecule has 0 heterocycles. The Labute approximate surface area is 123 Å². The van der Waals surface area contributed by atoms with Crippen molar-refractivity contribution in [2.45, 2.75) is 39.2 Å². The number of benzene rings is 1. The van der Waals surface area contributed by atoms with Crippen LogP contribution in [-0.4, -0.2) is 13.2 Å². The fraction of sp³-hybridized carbons (Fsp3) is 0.600. The summed E-state index contributed by atoms with van der Waals surface area (Å²) in [5.74, 6) is 1.53. The summed E-state index contributed by atoms with van der Waals surface area (Å²) in [6.07, 6.45) is 5.06. The quantitative estimate of drug-likeness (QED) is 0.809. The number of rotatable bonds is 5. The third-order valence-electron chi connectivity index (χ3n) is 3.88. The van der Waals surface area contributed by atoms with E-state index in [4.69, 9.17) is 11.6 Å². The summed E-state index contributed by atoms with van der Waals surface area (Å²) in [5.41, 5.74) is 0.843. The van der Waals surface area contributed by atoms with E-state index in [0.717, 1.165) is 18.2 Å². The highest BCUT2D eigenvalue weighted by Gasteiger charge is 2.18. The molecule has 2 rings (SSSR count). The van der Waals surface area contributed by atoms with Crippen LogP contribution in [0.25, 0.3) is 0 Å². The highest BCUT2D eigenvalue weighted by atomic mass is 35.5. The zero-order valence-electron chi connectivity index (χ0n) is 11.5. The Morgan fingerprint density at radius 3 is 2.60 bits per heavy atom. The van der Waals surface area contributed by atoms with Crippen LogP contribution in [0.3, 0.4) is 0 Å². The first kappa shape index (κ1) is 15.4. The van der Waals surface area contributed by atoms with Gasteiger partial charge in [0.25, 0.3) is 0 Å². The molecule has 1 fully saturated rings. The smallest absolute Gasteiger partial charge is 0.387 e. The molecule has 1 N–H and O–H groups in total. The van der Waals surface area contributed by atoms with Gasteiger partial charge in [-0.15, -0.1) is 0 Å². The number of nitrogens with one attached hydrogen (secondary N) is 1. The average Bonchev–Trinajstić information content (AvgIpc) is 2.40. The highest BCUT2D eigenvalue weighted by Crippen LogP contribution is 2.31. The lowest BCUT2D eigenvalue weighted by molar-refractivity contribution is -0.0497. The van der Waals surface area contributed by atoms with Crippen molar-refractivity contribution < 1.29 is 13.5 Å². The molecule has 0 amide bonds. The lowest BCUT2D eigenvalue weighted by atomic mass is 9.83. The number of halogens is 3. The Balaban J connectivity index is 1.85. The third kappa shape index (κ3) is 4.51. The van der Waals surface area contributed by atoms with Gasteiger partial charge in [-0.3, -0.25) is 0 Å². The number of hydrogen-bond donors (Lipinski definition) is 1. The zero-order valence-corrected chi connectivity index (χ0v) is 12.3. The Hall–Kier alpha value is -1.03. The Morgan fingerprint density at radius 2 is 2.00 bits per heavy atom. The zero-order chi connectivity index (χ0) is 14.5. The van der Waals surface area contributed by atoms with Gasteiger partial charge in [0.2, 0.25) is 0 Å². The molecule has 5 heteroatoms. The largest absolute Gasteiger partial charge is 0.433 e. The van der Waals surface area contributed by atoms with E-state index in [1.807, 2.05) is 0 Å². The summed E-state index contributed by atoms with van der Waals surface area (Å²) in [7, 11) is 0. The van der Waals surface area contributed by atoms with Crippen LogP contribution in [0.2, 0.25) is 5.02 Å². The van der Waals surface area contributed by atoms with E-state index in [9.17, 15) is 8.78 Å². The normalized spacial score (nSPS) is 22.9. The molecule has 0 aromatic heterocycles. The molecule has 0 unspecified atom stereocenters. The van der Waals surface area contributed by atoms with Gasteiger partial charge in [-0.25, -0.2) is 0 Å². The van der Waals surface area contributed by atoms with E-state index in [1.54, 1.807) is 12.1 Å². The maximum atomic E-state index is 12.1. The summed E-state index contributed by atoms with van der Waals surface area (Å²) in [6, 6.07) is 4.82. The molecule has 112 valence electrons. The molecule has 1 aliphatic rings. The van der Waals surface area contributed by atoms with Crippen LogP contribution in [0.1, 0.15) is 32.6 Å². The van der Waals surface area contributed by atoms with Gasteiger partial charge in [0.1, 0.15) is 5.75 Å². The minimum atomic E-state index is -2.85. The summed E-state index contributed by atoms with van der Waals surface area (Å²) < 4.78 is 28.6. The standard InChI is InChI=1S/C15H20ClF2NO/c1-10-2-4-11(5-3-10)9-19-12-6-7-14(13(16)8-12)20-15(17)18/h6-8,10-11,15,19H,2-5,9H2,1H3. The van der Waals surface area contributed by atoms with Gasteiger partial charge >= 0.3 is 6.61 Å². The molecule has 1 saturated carbocycles. The fourth-order valence-electron chi connectivity index (χ4n) is 2.60. The molecule has 1 aliphatic carbocycles. The van der Waals surface area contributed by atoms with Crippen LogP contribution in [0.4, 0.5) is 14.5 Å². The van der Waals surface area contributed by atoms with E-state index in [-0.39, 0.29) is 10.8 Å². The molecule has 0 aliphatic heterocycles. The summed E-state index contributed by atoms with van der Waals surface area (Å²) in [4.78, 5) is 0. The van der Waals surface area contributed by atoms with Gasteiger partial charge in [-0.1, -0.05) is 31.4 Å². The molecule has 0 bridgehead atoms. The van der Waals surface area contributed by atoms with Crippen LogP contribution in [-0.2, 0) is 0 Å². The molecule has 0 saturated heterocycles. The summed E-state index contributed by atoms with van der Waals surface area (Å²) in [5, 5.41) is 3.52. The van der Waals surface area contributed by atoms with Crippen molar-refractivity contribution >= 4 is 17.3 Å². The first-order chi connectivity index (χ1) is 9.54. The van der Waals surface area contributed by atoms with Crippen molar-refractivity contribution in [1.82, 2.24) is 0 Å². The third-order valence-corrected chi connectivity index (χ3v) is 4.17. The van der Waals surface area contributed by atoms with Crippen molar-refractivity contribution in [2.75, 3.05) is 11.9 Å². The molecule has 2 nitrogen and oxygen atoms in total. The molecule has 0 radical (unpaired) electrons. The van der Waals surface area contributed by atoms with Gasteiger partial charge in [-0.05, 0) is 42.9 Å². The van der Waals surface area contributed by atoms with E-state index in [1.165, 1.54) is 31.7 Å². The molecule has 20 heavy (non-hydrogen) atoms. The van der Waals surface area contributed by atoms with Crippen LogP contribution in [0.5, 0.6) is 5.75 Å². The lowest BCUT2D eigenvalue weighted by Crippen LogP contribution is -2.20. The topological polar surface area (TPSA) is 21.3 Å². The van der Waals surface area contributed by atoms with E-state index >= 15 is 0 Å². The molecule has 1 aromatic carbocycles. The minimum Gasteiger partial charge on any atom is -0.433 e. The predicted molar refractivity (Wildman–Crippen MR) is 77.7 cm³/mol. The van der Waals surface area contributed by atoms with Crippen LogP contribution in [0.15, 0.2) is 18.2 Å². The monoisotopic (exact) mass is 303 g/mol. The van der Waals surface area contributed by atoms with Gasteiger partial charge in [-0.2, -0.15) is 8.78 Å². The number of anilines is 1. The van der Waals surface area contributed by atoms with E-state index in [0.29, 0.717) is 5.92 Å². The van der Waals surface area contributed by atoms with Crippen molar-refractivity contribution in [1.29, 1.82) is 0 Å². The van der Waals surface area contributed by atoms with Crippen molar-refractivity contribution in [3.05, 3.63) is 23.2 Å². The average molecular weight is 304 g/mol. The molecular formula is C15H20ClF2NO. The first-order valence-corrected chi connectivity index (χ1v) is 7.40. The maximum absolute atomic E-state index is 12.1. The van der Waals surface area contributed by atoms with Crippen LogP contribution >= 0.6 is 11.6 Å². The lowest BCUT2D eigenvalue weighted by Gasteiger charge is -2.26. The molecule has 1 aromatic rings. The van der Waals surface area contributed by atoms with Gasteiger partial charge in [0.15, 0.2) is 0 Å². The SMILES string of the molecule is CC1CCC(CNc2ccc(OC(F)F)c(Cl)c2)CC1. The fourth-order valence-corrected chi connectivity index (χ4v) is 2.82. The maximum Gasteiger partial charge on any atom is 0.387 e. The number of hydrogen-bond acceptors (Lipinski definition) is 2. The molecule has 0 atom stereocenters. The summed E-state index contributed by atoms with van der Waals surface area (Å²) >= 11 is 5.92. The van der Waals surface area contributed by atoms with Crippen molar-refractivity contribution in [3.63, 3.8) is 0 Å². The predicted octanol–water partition coefficient (Wildman–Crippen LogP) is 5.18. The Bertz CT molecular complexity index is 434. The molecule has 0 spiro atoms. The first-order valence-electron chi connectivity index (χ1n) is 7.03. The second-order valence-electron chi connectivity index (χ2n) is 5.53. The number of ether oxygens (including phenoxy) is 1. The second kappa shape index (κ2) is 7.11. The van der Waals surface area contributed by atoms with E-state index < -0.39 is 6.61 Å². The van der Waals surface area contributed by atoms with Crippen LogP contribution < -0.4 is 10.1 Å². The molecular weight excluding hydrogens is 284 g/mol. The summed E-state index contributed by atoms with van der Waals surface area (Å²) in [6.45, 7) is 0.346. The van der Waals surface area contributed by atoms with Crippen LogP contribution in [0, 0.1) is 11.8 Å².